The molecule has 0 amide bonds. The molecule has 2 fully saturated rings. The number of carbonyl (C=O) groups is 8. The molecule has 10 atom stereocenters. The summed E-state index contributed by atoms with van der Waals surface area (Å²) in [5.74, 6) is -5.80. The highest BCUT2D eigenvalue weighted by molar-refractivity contribution is 5.73. The smallest absolute Gasteiger partial charge is 0.308 e. The van der Waals surface area contributed by atoms with Gasteiger partial charge in [0.05, 0.1) is 0 Å². The summed E-state index contributed by atoms with van der Waals surface area (Å²) < 4.78 is 65.7. The van der Waals surface area contributed by atoms with Gasteiger partial charge in [-0.25, -0.2) is 0 Å². The molecule has 2 aliphatic heterocycles. The van der Waals surface area contributed by atoms with Crippen LogP contribution in [0.2, 0.25) is 0 Å². The van der Waals surface area contributed by atoms with Crippen LogP contribution in [0.3, 0.4) is 0 Å². The normalized spacial score (nSPS) is 25.5. The first-order valence-corrected chi connectivity index (χ1v) is 22.6. The third-order valence-corrected chi connectivity index (χ3v) is 9.51. The van der Waals surface area contributed by atoms with E-state index in [2.05, 4.69) is 0 Å². The maximum absolute atomic E-state index is 13.5. The standard InChI is InChI=1S/C44H70O19/c1-9-17-29(45)53-25-27-37(57-31(47)19-11-3)39(58-32(48)20-12-4)42(61-35(51)23-15-7)44(56-27)63-38-28(26-54-30(46)18-10-2)55-43(62-36(52)24-16-8)41(60-34(50)22-14-6)40(38)59-33(49)21-13-5/h27-28,37-44H,9-26H2,1-8H3/t27-,28-,37+,38-,39+,40+,41-,42-,43?,44+/m1/s1. The molecule has 2 heterocycles. The van der Waals surface area contributed by atoms with Gasteiger partial charge in [0.1, 0.15) is 31.5 Å². The molecule has 0 aromatic heterocycles. The van der Waals surface area contributed by atoms with Crippen molar-refractivity contribution in [3.05, 3.63) is 0 Å². The lowest BCUT2D eigenvalue weighted by molar-refractivity contribution is -0.358. The molecule has 0 radical (unpaired) electrons. The zero-order chi connectivity index (χ0) is 46.9. The van der Waals surface area contributed by atoms with Crippen LogP contribution in [0.4, 0.5) is 0 Å². The summed E-state index contributed by atoms with van der Waals surface area (Å²) in [4.78, 5) is 105. The lowest BCUT2D eigenvalue weighted by atomic mass is 9.95. The molecule has 1 unspecified atom stereocenters. The third kappa shape index (κ3) is 18.7. The van der Waals surface area contributed by atoms with Gasteiger partial charge in [0.2, 0.25) is 12.4 Å². The van der Waals surface area contributed by atoms with E-state index in [0.717, 1.165) is 0 Å². The average Bonchev–Trinajstić information content (AvgIpc) is 3.21. The van der Waals surface area contributed by atoms with Gasteiger partial charge in [0.25, 0.3) is 0 Å². The molecule has 2 saturated heterocycles. The second-order valence-electron chi connectivity index (χ2n) is 15.3. The molecule has 0 aromatic carbocycles. The summed E-state index contributed by atoms with van der Waals surface area (Å²) >= 11 is 0. The fourth-order valence-electron chi connectivity index (χ4n) is 6.58. The van der Waals surface area contributed by atoms with Crippen molar-refractivity contribution in [3.8, 4) is 0 Å². The first-order valence-electron chi connectivity index (χ1n) is 22.6. The molecular weight excluding hydrogens is 832 g/mol. The molecule has 360 valence electrons. The van der Waals surface area contributed by atoms with Gasteiger partial charge in [-0.1, -0.05) is 55.4 Å². The van der Waals surface area contributed by atoms with Gasteiger partial charge in [-0.15, -0.1) is 0 Å². The SMILES string of the molecule is CCCC(=O)OC[C@H]1O[C@@H](O[C@H]2[C@H](OC(=O)CCC)[C@@H](OC(=O)CCC)C(OC(=O)CCC)O[C@@H]2COC(=O)CCC)[C@H](OC(=O)CCC)[C@@H](OC(=O)CCC)[C@H]1OC(=O)CCC. The minimum absolute atomic E-state index is 0.0158. The monoisotopic (exact) mass is 902 g/mol. The molecule has 0 bridgehead atoms. The molecule has 0 saturated carbocycles. The number of hydrogen-bond acceptors (Lipinski definition) is 19. The Labute approximate surface area is 370 Å². The first-order chi connectivity index (χ1) is 30.2. The Morgan fingerprint density at radius 2 is 0.587 bits per heavy atom. The quantitative estimate of drug-likeness (QED) is 0.0704. The van der Waals surface area contributed by atoms with Crippen molar-refractivity contribution < 1.29 is 90.5 Å². The molecule has 0 aromatic rings. The summed E-state index contributed by atoms with van der Waals surface area (Å²) in [5.41, 5.74) is 0. The van der Waals surface area contributed by atoms with Crippen LogP contribution in [0.5, 0.6) is 0 Å². The summed E-state index contributed by atoms with van der Waals surface area (Å²) in [7, 11) is 0. The highest BCUT2D eigenvalue weighted by Crippen LogP contribution is 2.36. The lowest BCUT2D eigenvalue weighted by Gasteiger charge is -2.48. The minimum atomic E-state index is -1.83. The van der Waals surface area contributed by atoms with Gasteiger partial charge in [0, 0.05) is 51.4 Å². The van der Waals surface area contributed by atoms with E-state index in [1.165, 1.54) is 0 Å². The first kappa shape index (κ1) is 54.8. The maximum Gasteiger partial charge on any atom is 0.308 e. The van der Waals surface area contributed by atoms with Crippen molar-refractivity contribution in [1.29, 1.82) is 0 Å². The van der Waals surface area contributed by atoms with E-state index >= 15 is 0 Å². The van der Waals surface area contributed by atoms with Crippen molar-refractivity contribution in [2.75, 3.05) is 13.2 Å². The van der Waals surface area contributed by atoms with Crippen LogP contribution in [-0.4, -0.2) is 122 Å². The van der Waals surface area contributed by atoms with Crippen LogP contribution in [0, 0.1) is 0 Å². The van der Waals surface area contributed by atoms with Crippen LogP contribution in [0.25, 0.3) is 0 Å². The van der Waals surface area contributed by atoms with E-state index in [4.69, 9.17) is 52.1 Å². The molecular formula is C44H70O19. The molecule has 2 rings (SSSR count). The summed E-state index contributed by atoms with van der Waals surface area (Å²) in [6.07, 6.45) is -13.7. The summed E-state index contributed by atoms with van der Waals surface area (Å²) in [6, 6.07) is 0. The maximum atomic E-state index is 13.5. The van der Waals surface area contributed by atoms with Gasteiger partial charge in [-0.2, -0.15) is 0 Å². The molecule has 19 heteroatoms. The second kappa shape index (κ2) is 29.9. The van der Waals surface area contributed by atoms with Crippen LogP contribution in [0.1, 0.15) is 158 Å². The topological polar surface area (TPSA) is 238 Å². The molecule has 19 nitrogen and oxygen atoms in total. The average molecular weight is 903 g/mol. The van der Waals surface area contributed by atoms with E-state index in [9.17, 15) is 38.4 Å². The zero-order valence-corrected chi connectivity index (χ0v) is 38.3. The van der Waals surface area contributed by atoms with Crippen LogP contribution < -0.4 is 0 Å². The Hall–Kier alpha value is -4.36. The highest BCUT2D eigenvalue weighted by Gasteiger charge is 2.58. The van der Waals surface area contributed by atoms with Crippen LogP contribution in [-0.2, 0) is 90.5 Å². The predicted molar refractivity (Wildman–Crippen MR) is 219 cm³/mol. The van der Waals surface area contributed by atoms with Gasteiger partial charge in [0.15, 0.2) is 30.7 Å². The van der Waals surface area contributed by atoms with Crippen molar-refractivity contribution in [1.82, 2.24) is 0 Å². The predicted octanol–water partition coefficient (Wildman–Crippen LogP) is 5.41. The van der Waals surface area contributed by atoms with Crippen molar-refractivity contribution >= 4 is 47.8 Å². The Bertz CT molecular complexity index is 1470. The van der Waals surface area contributed by atoms with Crippen LogP contribution in [0.15, 0.2) is 0 Å². The zero-order valence-electron chi connectivity index (χ0n) is 38.3. The highest BCUT2D eigenvalue weighted by atomic mass is 16.8. The Morgan fingerprint density at radius 1 is 0.317 bits per heavy atom. The number of rotatable bonds is 28. The minimum Gasteiger partial charge on any atom is -0.463 e. The van der Waals surface area contributed by atoms with Crippen molar-refractivity contribution in [2.45, 2.75) is 220 Å². The summed E-state index contributed by atoms with van der Waals surface area (Å²) in [5, 5.41) is 0. The van der Waals surface area contributed by atoms with Gasteiger partial charge < -0.3 is 52.1 Å². The van der Waals surface area contributed by atoms with E-state index in [0.29, 0.717) is 51.4 Å². The molecule has 0 aliphatic carbocycles. The fourth-order valence-corrected chi connectivity index (χ4v) is 6.58. The van der Waals surface area contributed by atoms with Gasteiger partial charge in [-0.05, 0) is 51.4 Å². The largest absolute Gasteiger partial charge is 0.463 e. The molecule has 63 heavy (non-hydrogen) atoms. The molecule has 0 spiro atoms. The van der Waals surface area contributed by atoms with Crippen molar-refractivity contribution in [2.24, 2.45) is 0 Å². The van der Waals surface area contributed by atoms with E-state index in [-0.39, 0.29) is 51.4 Å². The summed E-state index contributed by atoms with van der Waals surface area (Å²) in [6.45, 7) is 12.8. The Kier molecular flexibility index (Phi) is 26.0. The van der Waals surface area contributed by atoms with E-state index < -0.39 is 122 Å². The number of hydrogen-bond donors (Lipinski definition) is 0. The second-order valence-corrected chi connectivity index (χ2v) is 15.3. The van der Waals surface area contributed by atoms with Gasteiger partial charge >= 0.3 is 47.8 Å². The van der Waals surface area contributed by atoms with E-state index in [1.54, 1.807) is 55.4 Å². The molecule has 0 N–H and O–H groups in total. The number of ether oxygens (including phenoxy) is 11. The van der Waals surface area contributed by atoms with Crippen LogP contribution >= 0.6 is 0 Å². The number of esters is 8. The van der Waals surface area contributed by atoms with Gasteiger partial charge in [-0.3, -0.25) is 38.4 Å². The fraction of sp³-hybridized carbons (Fsp3) is 0.818. The number of carbonyl (C=O) groups excluding carboxylic acids is 8. The van der Waals surface area contributed by atoms with Crippen molar-refractivity contribution in [3.63, 3.8) is 0 Å². The van der Waals surface area contributed by atoms with E-state index in [1.807, 2.05) is 0 Å². The Morgan fingerprint density at radius 3 is 0.968 bits per heavy atom. The molecule has 2 aliphatic rings. The Balaban J connectivity index is 2.96. The lowest BCUT2D eigenvalue weighted by Crippen LogP contribution is -2.67. The third-order valence-electron chi connectivity index (χ3n) is 9.51.